The molecule has 0 radical (unpaired) electrons. The highest BCUT2D eigenvalue weighted by Crippen LogP contribution is 2.37. The normalized spacial score (nSPS) is 18.4. The van der Waals surface area contributed by atoms with Crippen LogP contribution in [0.1, 0.15) is 37.7 Å². The van der Waals surface area contributed by atoms with Gasteiger partial charge >= 0.3 is 0 Å². The van der Waals surface area contributed by atoms with E-state index in [1.165, 1.54) is 19.3 Å². The van der Waals surface area contributed by atoms with Crippen molar-refractivity contribution in [2.24, 2.45) is 5.41 Å². The number of nitrogens with zero attached hydrogens (tertiary/aromatic N) is 1. The Morgan fingerprint density at radius 2 is 1.83 bits per heavy atom. The molecule has 1 aromatic rings. The first-order chi connectivity index (χ1) is 8.78. The van der Waals surface area contributed by atoms with Crippen LogP contribution in [0.15, 0.2) is 30.3 Å². The second-order valence-corrected chi connectivity index (χ2v) is 4.94. The molecule has 0 amide bonds. The van der Waals surface area contributed by atoms with Gasteiger partial charge in [-0.15, -0.1) is 0 Å². The van der Waals surface area contributed by atoms with Crippen LogP contribution < -0.4 is 4.74 Å². The maximum Gasteiger partial charge on any atom is 0.118 e. The van der Waals surface area contributed by atoms with Crippen LogP contribution in [0.4, 0.5) is 0 Å². The van der Waals surface area contributed by atoms with Crippen molar-refractivity contribution in [3.63, 3.8) is 0 Å². The third kappa shape index (κ3) is 2.92. The monoisotopic (exact) mass is 241 g/mol. The average molecular weight is 241 g/mol. The zero-order chi connectivity index (χ0) is 12.8. The summed E-state index contributed by atoms with van der Waals surface area (Å²) in [5, 5.41) is 9.38. The molecule has 18 heavy (non-hydrogen) atoms. The first-order valence-corrected chi connectivity index (χ1v) is 6.53. The molecule has 2 rings (SSSR count). The maximum atomic E-state index is 9.38. The Bertz CT molecular complexity index is 447. The van der Waals surface area contributed by atoms with Crippen molar-refractivity contribution in [3.8, 4) is 11.8 Å². The molecule has 0 saturated heterocycles. The second kappa shape index (κ2) is 5.73. The zero-order valence-corrected chi connectivity index (χ0v) is 10.9. The van der Waals surface area contributed by atoms with Crippen LogP contribution in [-0.2, 0) is 0 Å². The van der Waals surface area contributed by atoms with Crippen LogP contribution in [-0.4, -0.2) is 7.11 Å². The molecule has 1 aromatic carbocycles. The highest BCUT2D eigenvalue weighted by atomic mass is 16.5. The number of hydrogen-bond donors (Lipinski definition) is 0. The molecular weight excluding hydrogens is 222 g/mol. The van der Waals surface area contributed by atoms with Crippen molar-refractivity contribution in [2.75, 3.05) is 7.11 Å². The van der Waals surface area contributed by atoms with Gasteiger partial charge in [-0.25, -0.2) is 0 Å². The molecule has 0 heterocycles. The number of nitriles is 1. The van der Waals surface area contributed by atoms with Crippen molar-refractivity contribution >= 4 is 6.08 Å². The van der Waals surface area contributed by atoms with E-state index in [1.807, 2.05) is 24.3 Å². The molecule has 0 bridgehead atoms. The fourth-order valence-corrected chi connectivity index (χ4v) is 2.47. The van der Waals surface area contributed by atoms with Gasteiger partial charge in [0.2, 0.25) is 0 Å². The Morgan fingerprint density at radius 3 is 2.39 bits per heavy atom. The molecule has 0 aliphatic heterocycles. The van der Waals surface area contributed by atoms with Gasteiger partial charge in [0.15, 0.2) is 0 Å². The van der Waals surface area contributed by atoms with E-state index in [1.54, 1.807) is 7.11 Å². The molecule has 1 aliphatic carbocycles. The van der Waals surface area contributed by atoms with Gasteiger partial charge < -0.3 is 4.74 Å². The minimum atomic E-state index is -0.238. The van der Waals surface area contributed by atoms with Crippen molar-refractivity contribution in [1.82, 2.24) is 0 Å². The zero-order valence-electron chi connectivity index (χ0n) is 10.9. The minimum absolute atomic E-state index is 0.238. The molecule has 1 aliphatic rings. The number of hydrogen-bond acceptors (Lipinski definition) is 2. The van der Waals surface area contributed by atoms with Gasteiger partial charge in [-0.2, -0.15) is 5.26 Å². The summed E-state index contributed by atoms with van der Waals surface area (Å²) in [7, 11) is 1.66. The molecule has 2 heteroatoms. The molecule has 0 aromatic heterocycles. The summed E-state index contributed by atoms with van der Waals surface area (Å²) in [5.41, 5.74) is 0.883. The SMILES string of the molecule is COc1ccc(/C=C/C2(C#N)CCCCC2)cc1. The summed E-state index contributed by atoms with van der Waals surface area (Å²) < 4.78 is 5.13. The van der Waals surface area contributed by atoms with E-state index in [9.17, 15) is 5.26 Å². The minimum Gasteiger partial charge on any atom is -0.497 e. The summed E-state index contributed by atoms with van der Waals surface area (Å²) in [6, 6.07) is 10.4. The molecular formula is C16H19NO. The van der Waals surface area contributed by atoms with Crippen LogP contribution >= 0.6 is 0 Å². The van der Waals surface area contributed by atoms with Gasteiger partial charge in [0.1, 0.15) is 5.75 Å². The molecule has 1 saturated carbocycles. The van der Waals surface area contributed by atoms with E-state index in [4.69, 9.17) is 4.74 Å². The number of rotatable bonds is 3. The lowest BCUT2D eigenvalue weighted by Gasteiger charge is -2.27. The van der Waals surface area contributed by atoms with Gasteiger partial charge in [-0.3, -0.25) is 0 Å². The largest absolute Gasteiger partial charge is 0.497 e. The van der Waals surface area contributed by atoms with Gasteiger partial charge in [0.05, 0.1) is 18.6 Å². The van der Waals surface area contributed by atoms with E-state index in [0.717, 1.165) is 24.2 Å². The van der Waals surface area contributed by atoms with Crippen molar-refractivity contribution in [3.05, 3.63) is 35.9 Å². The van der Waals surface area contributed by atoms with Crippen molar-refractivity contribution in [2.45, 2.75) is 32.1 Å². The standard InChI is InChI=1S/C16H19NO/c1-18-15-7-5-14(6-8-15)9-12-16(13-17)10-3-2-4-11-16/h5-9,12H,2-4,10-11H2,1H3/b12-9+. The van der Waals surface area contributed by atoms with Crippen molar-refractivity contribution < 1.29 is 4.74 Å². The molecule has 94 valence electrons. The Kier molecular flexibility index (Phi) is 4.04. The Morgan fingerprint density at radius 1 is 1.17 bits per heavy atom. The molecule has 0 N–H and O–H groups in total. The van der Waals surface area contributed by atoms with E-state index >= 15 is 0 Å². The maximum absolute atomic E-state index is 9.38. The lowest BCUT2D eigenvalue weighted by Crippen LogP contribution is -2.18. The Hall–Kier alpha value is -1.75. The lowest BCUT2D eigenvalue weighted by atomic mass is 9.75. The van der Waals surface area contributed by atoms with Crippen LogP contribution in [0.3, 0.4) is 0 Å². The topological polar surface area (TPSA) is 33.0 Å². The third-order valence-corrected chi connectivity index (χ3v) is 3.68. The Balaban J connectivity index is 2.10. The van der Waals surface area contributed by atoms with Crippen LogP contribution in [0.5, 0.6) is 5.75 Å². The Labute approximate surface area is 109 Å². The first kappa shape index (κ1) is 12.7. The van der Waals surface area contributed by atoms with E-state index < -0.39 is 0 Å². The summed E-state index contributed by atoms with van der Waals surface area (Å²) in [5.74, 6) is 0.861. The predicted octanol–water partition coefficient (Wildman–Crippen LogP) is 4.18. The molecule has 1 fully saturated rings. The highest BCUT2D eigenvalue weighted by molar-refractivity contribution is 5.52. The first-order valence-electron chi connectivity index (χ1n) is 6.53. The fourth-order valence-electron chi connectivity index (χ4n) is 2.47. The molecule has 0 unspecified atom stereocenters. The van der Waals surface area contributed by atoms with Crippen LogP contribution in [0, 0.1) is 16.7 Å². The van der Waals surface area contributed by atoms with Crippen molar-refractivity contribution in [1.29, 1.82) is 5.26 Å². The lowest BCUT2D eigenvalue weighted by molar-refractivity contribution is 0.337. The fraction of sp³-hybridized carbons (Fsp3) is 0.438. The molecule has 2 nitrogen and oxygen atoms in total. The summed E-state index contributed by atoms with van der Waals surface area (Å²) in [6.07, 6.45) is 9.75. The van der Waals surface area contributed by atoms with E-state index in [0.29, 0.717) is 0 Å². The smallest absolute Gasteiger partial charge is 0.118 e. The van der Waals surface area contributed by atoms with Gasteiger partial charge in [0.25, 0.3) is 0 Å². The number of allylic oxidation sites excluding steroid dienone is 1. The van der Waals surface area contributed by atoms with E-state index in [2.05, 4.69) is 18.2 Å². The predicted molar refractivity (Wildman–Crippen MR) is 73.2 cm³/mol. The second-order valence-electron chi connectivity index (χ2n) is 4.94. The number of methoxy groups -OCH3 is 1. The molecule has 0 atom stereocenters. The van der Waals surface area contributed by atoms with E-state index in [-0.39, 0.29) is 5.41 Å². The van der Waals surface area contributed by atoms with Crippen LogP contribution in [0.2, 0.25) is 0 Å². The average Bonchev–Trinajstić information content (AvgIpc) is 2.47. The van der Waals surface area contributed by atoms with Gasteiger partial charge in [0, 0.05) is 0 Å². The number of benzene rings is 1. The summed E-state index contributed by atoms with van der Waals surface area (Å²) >= 11 is 0. The van der Waals surface area contributed by atoms with Gasteiger partial charge in [-0.05, 0) is 30.5 Å². The third-order valence-electron chi connectivity index (χ3n) is 3.68. The van der Waals surface area contributed by atoms with Crippen LogP contribution in [0.25, 0.3) is 6.08 Å². The number of ether oxygens (including phenoxy) is 1. The van der Waals surface area contributed by atoms with Gasteiger partial charge in [-0.1, -0.05) is 43.5 Å². The molecule has 0 spiro atoms. The summed E-state index contributed by atoms with van der Waals surface area (Å²) in [4.78, 5) is 0. The summed E-state index contributed by atoms with van der Waals surface area (Å²) in [6.45, 7) is 0. The quantitative estimate of drug-likeness (QED) is 0.795. The highest BCUT2D eigenvalue weighted by Gasteiger charge is 2.28.